The molecule has 0 aromatic carbocycles. The molecule has 0 bridgehead atoms. The fraction of sp³-hybridized carbons (Fsp3) is 0.636. The first kappa shape index (κ1) is 9.74. The molecule has 78 valence electrons. The highest BCUT2D eigenvalue weighted by molar-refractivity contribution is 4.97. The summed E-state index contributed by atoms with van der Waals surface area (Å²) >= 11 is 0. The first-order valence-corrected chi connectivity index (χ1v) is 5.30. The summed E-state index contributed by atoms with van der Waals surface area (Å²) in [5.41, 5.74) is 0. The minimum absolute atomic E-state index is 0.485. The summed E-state index contributed by atoms with van der Waals surface area (Å²) in [7, 11) is 0. The molecule has 0 amide bonds. The fourth-order valence-corrected chi connectivity index (χ4v) is 1.76. The van der Waals surface area contributed by atoms with Gasteiger partial charge in [0.25, 0.3) is 0 Å². The van der Waals surface area contributed by atoms with Gasteiger partial charge in [-0.05, 0) is 37.9 Å². The minimum Gasteiger partial charge on any atom is -0.468 e. The summed E-state index contributed by atoms with van der Waals surface area (Å²) in [6.45, 7) is 2.77. The van der Waals surface area contributed by atoms with Crippen LogP contribution in [-0.4, -0.2) is 19.3 Å². The van der Waals surface area contributed by atoms with Gasteiger partial charge in [0, 0.05) is 6.61 Å². The molecular weight excluding hydrogens is 178 g/mol. The molecule has 0 spiro atoms. The monoisotopic (exact) mass is 195 g/mol. The molecule has 3 nitrogen and oxygen atoms in total. The van der Waals surface area contributed by atoms with Gasteiger partial charge in [-0.3, -0.25) is 0 Å². The van der Waals surface area contributed by atoms with Crippen LogP contribution in [0, 0.1) is 0 Å². The molecule has 1 fully saturated rings. The third kappa shape index (κ3) is 2.86. The highest BCUT2D eigenvalue weighted by Crippen LogP contribution is 2.14. The largest absolute Gasteiger partial charge is 0.468 e. The lowest BCUT2D eigenvalue weighted by Gasteiger charge is -2.08. The first-order valence-electron chi connectivity index (χ1n) is 5.30. The van der Waals surface area contributed by atoms with Crippen LogP contribution in [-0.2, 0) is 11.3 Å². The van der Waals surface area contributed by atoms with Crippen molar-refractivity contribution in [2.24, 2.45) is 0 Å². The van der Waals surface area contributed by atoms with Gasteiger partial charge in [-0.15, -0.1) is 0 Å². The quantitative estimate of drug-likeness (QED) is 0.729. The number of ether oxygens (including phenoxy) is 1. The molecule has 2 rings (SSSR count). The van der Waals surface area contributed by atoms with Crippen molar-refractivity contribution in [2.45, 2.75) is 31.9 Å². The second kappa shape index (κ2) is 5.17. The lowest BCUT2D eigenvalue weighted by atomic mass is 10.2. The van der Waals surface area contributed by atoms with Crippen molar-refractivity contribution in [3.8, 4) is 0 Å². The van der Waals surface area contributed by atoms with Crippen molar-refractivity contribution in [3.05, 3.63) is 24.2 Å². The molecule has 3 heteroatoms. The summed E-state index contributed by atoms with van der Waals surface area (Å²) in [4.78, 5) is 0. The fourth-order valence-electron chi connectivity index (χ4n) is 1.76. The van der Waals surface area contributed by atoms with Crippen molar-refractivity contribution >= 4 is 0 Å². The summed E-state index contributed by atoms with van der Waals surface area (Å²) in [5.74, 6) is 0.998. The van der Waals surface area contributed by atoms with Crippen LogP contribution in [0.15, 0.2) is 22.8 Å². The average molecular weight is 195 g/mol. The van der Waals surface area contributed by atoms with Crippen molar-refractivity contribution < 1.29 is 9.15 Å². The Morgan fingerprint density at radius 1 is 1.50 bits per heavy atom. The second-order valence-electron chi connectivity index (χ2n) is 3.68. The molecule has 1 aromatic rings. The molecule has 1 aliphatic heterocycles. The van der Waals surface area contributed by atoms with E-state index in [1.165, 1.54) is 12.8 Å². The van der Waals surface area contributed by atoms with Gasteiger partial charge in [0.2, 0.25) is 0 Å². The number of furan rings is 1. The van der Waals surface area contributed by atoms with Crippen LogP contribution >= 0.6 is 0 Å². The Kier molecular flexibility index (Phi) is 3.60. The van der Waals surface area contributed by atoms with Gasteiger partial charge in [-0.25, -0.2) is 0 Å². The summed E-state index contributed by atoms with van der Waals surface area (Å²) < 4.78 is 10.7. The number of nitrogens with one attached hydrogen (secondary N) is 1. The maximum absolute atomic E-state index is 5.53. The molecule has 0 aliphatic carbocycles. The molecule has 1 aromatic heterocycles. The van der Waals surface area contributed by atoms with Gasteiger partial charge in [0.05, 0.1) is 18.9 Å². The molecule has 1 saturated heterocycles. The van der Waals surface area contributed by atoms with Crippen LogP contribution in [0.2, 0.25) is 0 Å². The zero-order valence-corrected chi connectivity index (χ0v) is 8.37. The van der Waals surface area contributed by atoms with Gasteiger partial charge in [0.1, 0.15) is 5.76 Å². The van der Waals surface area contributed by atoms with Crippen molar-refractivity contribution in [3.63, 3.8) is 0 Å². The van der Waals surface area contributed by atoms with Crippen LogP contribution in [0.4, 0.5) is 0 Å². The zero-order chi connectivity index (χ0) is 9.64. The highest BCUT2D eigenvalue weighted by atomic mass is 16.5. The molecule has 1 unspecified atom stereocenters. The lowest BCUT2D eigenvalue weighted by Crippen LogP contribution is -2.19. The Labute approximate surface area is 84.4 Å². The summed E-state index contributed by atoms with van der Waals surface area (Å²) in [5, 5.41) is 3.34. The number of hydrogen-bond donors (Lipinski definition) is 1. The van der Waals surface area contributed by atoms with Crippen LogP contribution in [0.5, 0.6) is 0 Å². The average Bonchev–Trinajstić information content (AvgIpc) is 2.86. The van der Waals surface area contributed by atoms with Crippen LogP contribution < -0.4 is 5.32 Å². The third-order valence-electron chi connectivity index (χ3n) is 2.55. The van der Waals surface area contributed by atoms with E-state index in [4.69, 9.17) is 9.15 Å². The Morgan fingerprint density at radius 3 is 3.21 bits per heavy atom. The van der Waals surface area contributed by atoms with Crippen molar-refractivity contribution in [2.75, 3.05) is 13.2 Å². The maximum atomic E-state index is 5.53. The van der Waals surface area contributed by atoms with Gasteiger partial charge < -0.3 is 14.5 Å². The normalized spacial score (nSPS) is 21.6. The van der Waals surface area contributed by atoms with Gasteiger partial charge in [-0.1, -0.05) is 0 Å². The number of hydrogen-bond acceptors (Lipinski definition) is 3. The van der Waals surface area contributed by atoms with E-state index < -0.39 is 0 Å². The van der Waals surface area contributed by atoms with E-state index >= 15 is 0 Å². The van der Waals surface area contributed by atoms with E-state index in [-0.39, 0.29) is 0 Å². The predicted octanol–water partition coefficient (Wildman–Crippen LogP) is 1.94. The van der Waals surface area contributed by atoms with E-state index in [1.807, 2.05) is 12.1 Å². The maximum Gasteiger partial charge on any atom is 0.117 e. The molecule has 1 atom stereocenters. The van der Waals surface area contributed by atoms with Gasteiger partial charge in [0.15, 0.2) is 0 Å². The van der Waals surface area contributed by atoms with E-state index in [0.717, 1.165) is 31.9 Å². The molecule has 14 heavy (non-hydrogen) atoms. The SMILES string of the molecule is c1coc(CNCCC2CCCO2)c1. The smallest absolute Gasteiger partial charge is 0.117 e. The molecule has 1 aliphatic rings. The first-order chi connectivity index (χ1) is 6.95. The van der Waals surface area contributed by atoms with E-state index in [9.17, 15) is 0 Å². The van der Waals surface area contributed by atoms with E-state index in [2.05, 4.69) is 5.32 Å². The third-order valence-corrected chi connectivity index (χ3v) is 2.55. The van der Waals surface area contributed by atoms with Crippen LogP contribution in [0.1, 0.15) is 25.0 Å². The van der Waals surface area contributed by atoms with Crippen LogP contribution in [0.3, 0.4) is 0 Å². The van der Waals surface area contributed by atoms with Gasteiger partial charge >= 0.3 is 0 Å². The molecule has 0 saturated carbocycles. The summed E-state index contributed by atoms with van der Waals surface area (Å²) in [6, 6.07) is 3.90. The van der Waals surface area contributed by atoms with E-state index in [1.54, 1.807) is 6.26 Å². The molecule has 0 radical (unpaired) electrons. The number of rotatable bonds is 5. The Bertz CT molecular complexity index is 240. The molecule has 1 N–H and O–H groups in total. The molecular formula is C11H17NO2. The Morgan fingerprint density at radius 2 is 2.50 bits per heavy atom. The topological polar surface area (TPSA) is 34.4 Å². The van der Waals surface area contributed by atoms with Gasteiger partial charge in [-0.2, -0.15) is 0 Å². The standard InChI is InChI=1S/C11H17NO2/c1-3-10(13-7-1)5-6-12-9-11-4-2-8-14-11/h2,4,8,10,12H,1,3,5-7,9H2. The molecule has 2 heterocycles. The predicted molar refractivity (Wildman–Crippen MR) is 54.0 cm³/mol. The summed E-state index contributed by atoms with van der Waals surface area (Å²) in [6.07, 6.45) is 5.75. The lowest BCUT2D eigenvalue weighted by molar-refractivity contribution is 0.104. The second-order valence-corrected chi connectivity index (χ2v) is 3.68. The van der Waals surface area contributed by atoms with E-state index in [0.29, 0.717) is 6.10 Å². The highest BCUT2D eigenvalue weighted by Gasteiger charge is 2.14. The van der Waals surface area contributed by atoms with Crippen LogP contribution in [0.25, 0.3) is 0 Å². The van der Waals surface area contributed by atoms with Crippen molar-refractivity contribution in [1.29, 1.82) is 0 Å². The zero-order valence-electron chi connectivity index (χ0n) is 8.37. The minimum atomic E-state index is 0.485. The van der Waals surface area contributed by atoms with Crippen molar-refractivity contribution in [1.82, 2.24) is 5.32 Å². The Balaban J connectivity index is 1.55. The Hall–Kier alpha value is -0.800.